The third-order valence-electron chi connectivity index (χ3n) is 4.11. The highest BCUT2D eigenvalue weighted by atomic mass is 16.5. The van der Waals surface area contributed by atoms with Crippen LogP contribution in [0.15, 0.2) is 66.1 Å². The Hall–Kier alpha value is -2.92. The highest BCUT2D eigenvalue weighted by Crippen LogP contribution is 2.13. The molecule has 1 aromatic heterocycles. The lowest BCUT2D eigenvalue weighted by atomic mass is 10.0. The van der Waals surface area contributed by atoms with Crippen molar-refractivity contribution in [3.8, 4) is 0 Å². The molecule has 5 heteroatoms. The minimum atomic E-state index is -0.396. The molecule has 0 unspecified atom stereocenters. The number of esters is 1. The van der Waals surface area contributed by atoms with Crippen LogP contribution in [0.2, 0.25) is 0 Å². The molecule has 0 saturated carbocycles. The van der Waals surface area contributed by atoms with E-state index < -0.39 is 5.97 Å². The van der Waals surface area contributed by atoms with Crippen molar-refractivity contribution in [1.29, 1.82) is 0 Å². The number of ether oxygens (including phenoxy) is 1. The quantitative estimate of drug-likeness (QED) is 0.534. The molecule has 0 fully saturated rings. The van der Waals surface area contributed by atoms with Crippen LogP contribution in [0, 0.1) is 0 Å². The first kappa shape index (κ1) is 21.4. The summed E-state index contributed by atoms with van der Waals surface area (Å²) in [5.41, 5.74) is 10.8. The zero-order valence-electron chi connectivity index (χ0n) is 16.9. The van der Waals surface area contributed by atoms with Gasteiger partial charge >= 0.3 is 5.97 Å². The Labute approximate surface area is 167 Å². The fraction of sp³-hybridized carbons (Fsp3) is 0.304. The number of nitrogens with zero attached hydrogens (tertiary/aromatic N) is 2. The van der Waals surface area contributed by atoms with Crippen molar-refractivity contribution in [2.24, 2.45) is 5.73 Å². The van der Waals surface area contributed by atoms with Gasteiger partial charge < -0.3 is 10.5 Å². The second-order valence-electron chi connectivity index (χ2n) is 7.06. The van der Waals surface area contributed by atoms with Crippen LogP contribution in [-0.2, 0) is 16.0 Å². The molecule has 1 heterocycles. The number of carbonyl (C=O) groups is 1. The average Bonchev–Trinajstić information content (AvgIpc) is 2.63. The lowest BCUT2D eigenvalue weighted by Crippen LogP contribution is -2.25. The molecule has 0 atom stereocenters. The van der Waals surface area contributed by atoms with E-state index in [-0.39, 0.29) is 0 Å². The van der Waals surface area contributed by atoms with E-state index in [0.29, 0.717) is 18.8 Å². The zero-order chi connectivity index (χ0) is 20.4. The van der Waals surface area contributed by atoms with Crippen LogP contribution in [0.3, 0.4) is 0 Å². The van der Waals surface area contributed by atoms with Gasteiger partial charge in [-0.25, -0.2) is 4.79 Å². The monoisotopic (exact) mass is 379 g/mol. The molecule has 1 aromatic carbocycles. The largest absolute Gasteiger partial charge is 0.461 e. The molecular formula is C23H29N3O2. The van der Waals surface area contributed by atoms with Gasteiger partial charge in [0.25, 0.3) is 0 Å². The summed E-state index contributed by atoms with van der Waals surface area (Å²) in [6, 6.07) is 12.6. The number of hydrogen-bond acceptors (Lipinski definition) is 5. The van der Waals surface area contributed by atoms with E-state index in [4.69, 9.17) is 10.5 Å². The number of nitrogens with two attached hydrogens (primary N) is 1. The molecule has 0 bridgehead atoms. The maximum absolute atomic E-state index is 11.4. The predicted molar refractivity (Wildman–Crippen MR) is 114 cm³/mol. The van der Waals surface area contributed by atoms with Gasteiger partial charge in [-0.05, 0) is 50.1 Å². The second kappa shape index (κ2) is 11.0. The number of carbonyl (C=O) groups excluding carboxylic acids is 1. The molecule has 148 valence electrons. The van der Waals surface area contributed by atoms with Crippen molar-refractivity contribution in [2.45, 2.75) is 20.3 Å². The summed E-state index contributed by atoms with van der Waals surface area (Å²) in [5, 5.41) is 0. The summed E-state index contributed by atoms with van der Waals surface area (Å²) < 4.78 is 5.12. The van der Waals surface area contributed by atoms with Gasteiger partial charge in [0, 0.05) is 37.3 Å². The molecule has 0 amide bonds. The minimum Gasteiger partial charge on any atom is -0.461 e. The molecule has 0 aliphatic heterocycles. The summed E-state index contributed by atoms with van der Waals surface area (Å²) in [6.45, 7) is 5.58. The summed E-state index contributed by atoms with van der Waals surface area (Å²) in [5.74, 6) is -0.396. The van der Waals surface area contributed by atoms with Gasteiger partial charge in [-0.15, -0.1) is 0 Å². The van der Waals surface area contributed by atoms with E-state index in [2.05, 4.69) is 53.2 Å². The van der Waals surface area contributed by atoms with Crippen LogP contribution in [-0.4, -0.2) is 42.6 Å². The fourth-order valence-electron chi connectivity index (χ4n) is 2.83. The lowest BCUT2D eigenvalue weighted by molar-refractivity contribution is -0.138. The normalized spacial score (nSPS) is 12.3. The molecule has 0 saturated heterocycles. The van der Waals surface area contributed by atoms with Gasteiger partial charge in [0.05, 0.1) is 0 Å². The standard InChI is InChI=1S/C23H29N3O2/c1-18(17-26(3)11-12-28-23(27)14-19(2)24)13-20-6-8-21(9-7-20)15-22-5-4-10-25-16-22/h4-10,13-14,16H,11-12,15,17,24H2,1-3H3/b18-13+,19-14-. The van der Waals surface area contributed by atoms with E-state index in [9.17, 15) is 4.79 Å². The summed E-state index contributed by atoms with van der Waals surface area (Å²) in [6.07, 6.45) is 8.05. The molecule has 0 spiro atoms. The third kappa shape index (κ3) is 8.18. The van der Waals surface area contributed by atoms with Crippen molar-refractivity contribution >= 4 is 12.0 Å². The number of likely N-dealkylation sites (N-methyl/N-ethyl adjacent to an activating group) is 1. The Morgan fingerprint density at radius 2 is 1.93 bits per heavy atom. The summed E-state index contributed by atoms with van der Waals surface area (Å²) in [4.78, 5) is 17.7. The Kier molecular flexibility index (Phi) is 8.43. The molecule has 0 aliphatic rings. The van der Waals surface area contributed by atoms with Crippen molar-refractivity contribution < 1.29 is 9.53 Å². The van der Waals surface area contributed by atoms with E-state index in [0.717, 1.165) is 13.0 Å². The minimum absolute atomic E-state index is 0.343. The fourth-order valence-corrected chi connectivity index (χ4v) is 2.83. The Balaban J connectivity index is 1.80. The van der Waals surface area contributed by atoms with Gasteiger partial charge in [-0.3, -0.25) is 9.88 Å². The maximum atomic E-state index is 11.4. The second-order valence-corrected chi connectivity index (χ2v) is 7.06. The van der Waals surface area contributed by atoms with E-state index >= 15 is 0 Å². The number of hydrogen-bond donors (Lipinski definition) is 1. The number of benzene rings is 1. The molecule has 0 radical (unpaired) electrons. The van der Waals surface area contributed by atoms with Crippen LogP contribution >= 0.6 is 0 Å². The average molecular weight is 380 g/mol. The molecule has 2 rings (SSSR count). The number of allylic oxidation sites excluding steroid dienone is 1. The van der Waals surface area contributed by atoms with Crippen LogP contribution in [0.5, 0.6) is 0 Å². The molecule has 2 aromatic rings. The van der Waals surface area contributed by atoms with Gasteiger partial charge in [0.15, 0.2) is 0 Å². The van der Waals surface area contributed by atoms with Gasteiger partial charge in [0.2, 0.25) is 0 Å². The van der Waals surface area contributed by atoms with Crippen LogP contribution < -0.4 is 5.73 Å². The zero-order valence-corrected chi connectivity index (χ0v) is 16.9. The first-order valence-electron chi connectivity index (χ1n) is 9.36. The number of rotatable bonds is 9. The van der Waals surface area contributed by atoms with E-state index in [1.165, 1.54) is 28.3 Å². The molecule has 2 N–H and O–H groups in total. The number of aromatic nitrogens is 1. The first-order valence-corrected chi connectivity index (χ1v) is 9.36. The SMILES string of the molecule is C/C(N)=C/C(=O)OCCN(C)C/C(C)=C/c1ccc(Cc2cccnc2)cc1. The highest BCUT2D eigenvalue weighted by Gasteiger charge is 2.03. The lowest BCUT2D eigenvalue weighted by Gasteiger charge is -2.16. The first-order chi connectivity index (χ1) is 13.4. The molecular weight excluding hydrogens is 350 g/mol. The summed E-state index contributed by atoms with van der Waals surface area (Å²) in [7, 11) is 2.01. The van der Waals surface area contributed by atoms with Crippen molar-refractivity contribution in [3.63, 3.8) is 0 Å². The van der Waals surface area contributed by atoms with Crippen LogP contribution in [0.1, 0.15) is 30.5 Å². The molecule has 28 heavy (non-hydrogen) atoms. The smallest absolute Gasteiger partial charge is 0.332 e. The topological polar surface area (TPSA) is 68.5 Å². The van der Waals surface area contributed by atoms with Crippen LogP contribution in [0.25, 0.3) is 6.08 Å². The predicted octanol–water partition coefficient (Wildman–Crippen LogP) is 3.41. The van der Waals surface area contributed by atoms with E-state index in [1.54, 1.807) is 13.1 Å². The molecule has 5 nitrogen and oxygen atoms in total. The van der Waals surface area contributed by atoms with Crippen molar-refractivity contribution in [2.75, 3.05) is 26.7 Å². The van der Waals surface area contributed by atoms with Gasteiger partial charge in [0.1, 0.15) is 6.61 Å². The number of pyridine rings is 1. The van der Waals surface area contributed by atoms with E-state index in [1.807, 2.05) is 19.3 Å². The summed E-state index contributed by atoms with van der Waals surface area (Å²) >= 11 is 0. The molecule has 0 aliphatic carbocycles. The Morgan fingerprint density at radius 1 is 1.18 bits per heavy atom. The van der Waals surface area contributed by atoms with Gasteiger partial charge in [-0.2, -0.15) is 0 Å². The highest BCUT2D eigenvalue weighted by molar-refractivity contribution is 5.82. The van der Waals surface area contributed by atoms with Crippen molar-refractivity contribution in [1.82, 2.24) is 9.88 Å². The Bertz CT molecular complexity index is 808. The maximum Gasteiger partial charge on any atom is 0.332 e. The van der Waals surface area contributed by atoms with Crippen molar-refractivity contribution in [3.05, 3.63) is 82.8 Å². The Morgan fingerprint density at radius 3 is 2.57 bits per heavy atom. The van der Waals surface area contributed by atoms with Crippen LogP contribution in [0.4, 0.5) is 0 Å². The van der Waals surface area contributed by atoms with Gasteiger partial charge in [-0.1, -0.05) is 42.0 Å². The third-order valence-corrected chi connectivity index (χ3v) is 4.11.